The fourth-order valence-electron chi connectivity index (χ4n) is 5.24. The predicted molar refractivity (Wildman–Crippen MR) is 173 cm³/mol. The van der Waals surface area contributed by atoms with E-state index in [0.29, 0.717) is 0 Å². The van der Waals surface area contributed by atoms with Crippen molar-refractivity contribution in [3.8, 4) is 0 Å². The number of fused-ring (bicyclic) bond motifs is 2. The first-order valence-corrected chi connectivity index (χ1v) is 14.8. The fourth-order valence-corrected chi connectivity index (χ4v) is 6.90. The van der Waals surface area contributed by atoms with Crippen molar-refractivity contribution >= 4 is 55.5 Å². The topological polar surface area (TPSA) is 74.3 Å². The number of benzene rings is 5. The van der Waals surface area contributed by atoms with Crippen LogP contribution in [-0.4, -0.2) is 15.7 Å². The molecule has 0 amide bonds. The Kier molecular flexibility index (Phi) is 6.60. The van der Waals surface area contributed by atoms with Crippen LogP contribution in [0.2, 0.25) is 0 Å². The van der Waals surface area contributed by atoms with Crippen molar-refractivity contribution in [2.45, 2.75) is 4.99 Å². The number of hydrogen-bond acceptors (Lipinski definition) is 7. The summed E-state index contributed by atoms with van der Waals surface area (Å²) >= 11 is 5.13. The van der Waals surface area contributed by atoms with Crippen LogP contribution >= 0.6 is 27.7 Å². The summed E-state index contributed by atoms with van der Waals surface area (Å²) in [7, 11) is 0. The summed E-state index contributed by atoms with van der Waals surface area (Å²) in [5.41, 5.74) is 6.48. The second-order valence-corrected chi connectivity index (χ2v) is 11.8. The van der Waals surface area contributed by atoms with Crippen molar-refractivity contribution in [3.05, 3.63) is 170 Å². The number of nitro groups is 1. The molecule has 7 rings (SSSR count). The van der Waals surface area contributed by atoms with Crippen LogP contribution in [0.3, 0.4) is 0 Å². The third-order valence-corrected chi connectivity index (χ3v) is 9.07. The molecule has 42 heavy (non-hydrogen) atoms. The minimum atomic E-state index is -0.935. The third kappa shape index (κ3) is 4.38. The Morgan fingerprint density at radius 1 is 0.667 bits per heavy atom. The highest BCUT2D eigenvalue weighted by molar-refractivity contribution is 9.10. The van der Waals surface area contributed by atoms with Gasteiger partial charge in [0.2, 0.25) is 4.99 Å². The number of nitro benzene ring substituents is 1. The van der Waals surface area contributed by atoms with Gasteiger partial charge in [-0.25, -0.2) is 10.0 Å². The molecule has 0 radical (unpaired) electrons. The van der Waals surface area contributed by atoms with E-state index in [0.717, 1.165) is 48.9 Å². The van der Waals surface area contributed by atoms with Crippen molar-refractivity contribution in [1.29, 1.82) is 0 Å². The number of rotatable bonds is 5. The van der Waals surface area contributed by atoms with Crippen LogP contribution < -0.4 is 10.0 Å². The molecular formula is C33H22BrN5O2S. The van der Waals surface area contributed by atoms with E-state index in [1.807, 2.05) is 94.9 Å². The lowest BCUT2D eigenvalue weighted by Gasteiger charge is -2.47. The number of halogens is 1. The molecule has 1 spiro atoms. The molecule has 0 aromatic heterocycles. The number of anilines is 2. The average Bonchev–Trinajstić information content (AvgIpc) is 3.44. The zero-order valence-electron chi connectivity index (χ0n) is 22.0. The molecule has 2 aliphatic rings. The zero-order chi connectivity index (χ0) is 28.7. The number of thioether (sulfide) groups is 1. The van der Waals surface area contributed by atoms with Gasteiger partial charge in [0, 0.05) is 38.9 Å². The zero-order valence-corrected chi connectivity index (χ0v) is 24.4. The lowest BCUT2D eigenvalue weighted by molar-refractivity contribution is -0.384. The molecule has 2 aliphatic heterocycles. The number of para-hydroxylation sites is 2. The van der Waals surface area contributed by atoms with Gasteiger partial charge in [0.05, 0.1) is 22.0 Å². The number of nitrogens with zero attached hydrogens (tertiary/aromatic N) is 5. The highest BCUT2D eigenvalue weighted by atomic mass is 79.9. The van der Waals surface area contributed by atoms with Gasteiger partial charge < -0.3 is 0 Å². The normalized spacial score (nSPS) is 17.5. The summed E-state index contributed by atoms with van der Waals surface area (Å²) in [5, 5.41) is 26.7. The summed E-state index contributed by atoms with van der Waals surface area (Å²) in [6, 6.07) is 43.2. The van der Waals surface area contributed by atoms with E-state index in [9.17, 15) is 10.1 Å². The van der Waals surface area contributed by atoms with Crippen LogP contribution in [0.1, 0.15) is 22.3 Å². The molecule has 1 atom stereocenters. The Morgan fingerprint density at radius 2 is 1.21 bits per heavy atom. The molecule has 5 aromatic carbocycles. The second-order valence-electron chi connectivity index (χ2n) is 9.72. The SMILES string of the molecule is O=[N+]([O-])c1ccc(C2=NN(c3ccccc3)[C@@]3(S2)c2ccccc2C(c2ccc(Br)cc2)=NN3c2ccccc2)cc1. The molecule has 0 bridgehead atoms. The summed E-state index contributed by atoms with van der Waals surface area (Å²) in [6.07, 6.45) is 0. The Bertz CT molecular complexity index is 1850. The molecule has 5 aromatic rings. The number of non-ortho nitro benzene ring substituents is 1. The van der Waals surface area contributed by atoms with Gasteiger partial charge in [0.1, 0.15) is 5.04 Å². The highest BCUT2D eigenvalue weighted by Gasteiger charge is 2.55. The molecular weight excluding hydrogens is 610 g/mol. The Labute approximate surface area is 255 Å². The van der Waals surface area contributed by atoms with Gasteiger partial charge >= 0.3 is 0 Å². The largest absolute Gasteiger partial charge is 0.269 e. The summed E-state index contributed by atoms with van der Waals surface area (Å²) in [4.78, 5) is 10.0. The Hall–Kier alpha value is -4.73. The smallest absolute Gasteiger partial charge is 0.258 e. The molecule has 2 heterocycles. The van der Waals surface area contributed by atoms with Crippen LogP contribution in [0.15, 0.2) is 148 Å². The molecule has 204 valence electrons. The van der Waals surface area contributed by atoms with E-state index < -0.39 is 9.92 Å². The van der Waals surface area contributed by atoms with Gasteiger partial charge in [-0.05, 0) is 60.3 Å². The van der Waals surface area contributed by atoms with Crippen molar-refractivity contribution in [1.82, 2.24) is 0 Å². The van der Waals surface area contributed by atoms with E-state index in [1.54, 1.807) is 23.9 Å². The van der Waals surface area contributed by atoms with E-state index in [-0.39, 0.29) is 5.69 Å². The lowest BCUT2D eigenvalue weighted by Crippen LogP contribution is -2.54. The molecule has 0 aliphatic carbocycles. The fraction of sp³-hybridized carbons (Fsp3) is 0.0303. The predicted octanol–water partition coefficient (Wildman–Crippen LogP) is 8.36. The quantitative estimate of drug-likeness (QED) is 0.144. The van der Waals surface area contributed by atoms with Crippen LogP contribution in [0, 0.1) is 10.1 Å². The van der Waals surface area contributed by atoms with Crippen molar-refractivity contribution < 1.29 is 4.92 Å². The molecule has 0 saturated carbocycles. The van der Waals surface area contributed by atoms with Crippen molar-refractivity contribution in [2.24, 2.45) is 10.2 Å². The van der Waals surface area contributed by atoms with Crippen LogP contribution in [0.4, 0.5) is 17.1 Å². The summed E-state index contributed by atoms with van der Waals surface area (Å²) < 4.78 is 0.995. The minimum absolute atomic E-state index is 0.0367. The first-order valence-electron chi connectivity index (χ1n) is 13.2. The first kappa shape index (κ1) is 26.2. The second kappa shape index (κ2) is 10.6. The molecule has 0 unspecified atom stereocenters. The molecule has 7 nitrogen and oxygen atoms in total. The van der Waals surface area contributed by atoms with Crippen molar-refractivity contribution in [2.75, 3.05) is 10.0 Å². The Morgan fingerprint density at radius 3 is 1.83 bits per heavy atom. The van der Waals surface area contributed by atoms with Gasteiger partial charge in [-0.15, -0.1) is 0 Å². The van der Waals surface area contributed by atoms with Crippen molar-refractivity contribution in [3.63, 3.8) is 0 Å². The molecule has 0 N–H and O–H groups in total. The van der Waals surface area contributed by atoms with Gasteiger partial charge in [0.15, 0.2) is 0 Å². The molecule has 0 saturated heterocycles. The first-order chi connectivity index (χ1) is 20.5. The number of hydrazone groups is 2. The third-order valence-electron chi connectivity index (χ3n) is 7.18. The average molecular weight is 633 g/mol. The monoisotopic (exact) mass is 631 g/mol. The Balaban J connectivity index is 1.48. The molecule has 9 heteroatoms. The van der Waals surface area contributed by atoms with Crippen LogP contribution in [-0.2, 0) is 4.99 Å². The van der Waals surface area contributed by atoms with Gasteiger partial charge in [-0.3, -0.25) is 10.1 Å². The van der Waals surface area contributed by atoms with Crippen LogP contribution in [0.5, 0.6) is 0 Å². The summed E-state index contributed by atoms with van der Waals surface area (Å²) in [6.45, 7) is 0. The summed E-state index contributed by atoms with van der Waals surface area (Å²) in [5.74, 6) is 0. The highest BCUT2D eigenvalue weighted by Crippen LogP contribution is 2.55. The molecule has 0 fully saturated rings. The van der Waals surface area contributed by atoms with Crippen LogP contribution in [0.25, 0.3) is 0 Å². The maximum absolute atomic E-state index is 11.4. The number of hydrogen-bond donors (Lipinski definition) is 0. The minimum Gasteiger partial charge on any atom is -0.258 e. The van der Waals surface area contributed by atoms with E-state index in [2.05, 4.69) is 40.2 Å². The van der Waals surface area contributed by atoms with E-state index in [4.69, 9.17) is 10.2 Å². The van der Waals surface area contributed by atoms with Gasteiger partial charge in [0.25, 0.3) is 5.69 Å². The maximum Gasteiger partial charge on any atom is 0.269 e. The standard InChI is InChI=1S/C33H22BrN5O2S/c34-25-19-15-23(16-20-25)31-29-13-7-8-14-30(29)33(37(35-31)26-9-3-1-4-10-26)38(27-11-5-2-6-12-27)36-32(42-33)24-17-21-28(22-18-24)39(40)41/h1-22H/t33-/m1/s1. The van der Waals surface area contributed by atoms with E-state index >= 15 is 0 Å². The van der Waals surface area contributed by atoms with Gasteiger partial charge in [-0.1, -0.05) is 88.7 Å². The lowest BCUT2D eigenvalue weighted by atomic mass is 9.93. The van der Waals surface area contributed by atoms with E-state index in [1.165, 1.54) is 12.1 Å². The van der Waals surface area contributed by atoms with Gasteiger partial charge in [-0.2, -0.15) is 10.2 Å². The maximum atomic E-state index is 11.4.